The molecule has 0 aromatic carbocycles. The van der Waals surface area contributed by atoms with Crippen molar-refractivity contribution >= 4 is 23.3 Å². The van der Waals surface area contributed by atoms with Crippen LogP contribution in [0.15, 0.2) is 58.6 Å². The van der Waals surface area contributed by atoms with Gasteiger partial charge < -0.3 is 14.6 Å². The van der Waals surface area contributed by atoms with Crippen LogP contribution in [0.3, 0.4) is 0 Å². The lowest BCUT2D eigenvalue weighted by Gasteiger charge is -2.07. The van der Waals surface area contributed by atoms with Crippen LogP contribution in [0.5, 0.6) is 0 Å². The van der Waals surface area contributed by atoms with Crippen molar-refractivity contribution < 1.29 is 9.21 Å². The Labute approximate surface area is 153 Å². The predicted octanol–water partition coefficient (Wildman–Crippen LogP) is 2.35. The first-order valence-electron chi connectivity index (χ1n) is 8.01. The molecule has 26 heavy (non-hydrogen) atoms. The first kappa shape index (κ1) is 16.4. The molecular weight excluding hydrogens is 352 g/mol. The number of hydrogen-bond acceptors (Lipinski definition) is 6. The van der Waals surface area contributed by atoms with Crippen molar-refractivity contribution in [3.63, 3.8) is 0 Å². The van der Waals surface area contributed by atoms with Gasteiger partial charge in [0, 0.05) is 31.1 Å². The Morgan fingerprint density at radius 2 is 2.15 bits per heavy atom. The lowest BCUT2D eigenvalue weighted by molar-refractivity contribution is -0.118. The quantitative estimate of drug-likeness (QED) is 0.502. The molecule has 2 N–H and O–H groups in total. The molecule has 4 aromatic heterocycles. The number of nitrogens with zero attached hydrogens (tertiary/aromatic N) is 5. The van der Waals surface area contributed by atoms with Crippen molar-refractivity contribution in [2.24, 2.45) is 5.73 Å². The topological polar surface area (TPSA) is 104 Å². The summed E-state index contributed by atoms with van der Waals surface area (Å²) in [6.07, 6.45) is 5.72. The summed E-state index contributed by atoms with van der Waals surface area (Å²) in [5, 5.41) is 9.15. The normalized spacial score (nSPS) is 11.2. The van der Waals surface area contributed by atoms with Gasteiger partial charge in [-0.2, -0.15) is 0 Å². The van der Waals surface area contributed by atoms with E-state index in [-0.39, 0.29) is 12.3 Å². The number of imidazole rings is 1. The predicted molar refractivity (Wildman–Crippen MR) is 96.3 cm³/mol. The van der Waals surface area contributed by atoms with Gasteiger partial charge in [0.15, 0.2) is 16.7 Å². The zero-order valence-corrected chi connectivity index (χ0v) is 14.6. The second-order valence-corrected chi connectivity index (χ2v) is 6.58. The number of pyridine rings is 1. The van der Waals surface area contributed by atoms with Gasteiger partial charge in [-0.3, -0.25) is 9.36 Å². The van der Waals surface area contributed by atoms with Crippen molar-refractivity contribution in [3.05, 3.63) is 54.7 Å². The molecule has 9 heteroatoms. The maximum absolute atomic E-state index is 11.2. The van der Waals surface area contributed by atoms with Gasteiger partial charge >= 0.3 is 0 Å². The highest BCUT2D eigenvalue weighted by molar-refractivity contribution is 7.98. The minimum Gasteiger partial charge on any atom is -0.461 e. The van der Waals surface area contributed by atoms with E-state index in [4.69, 9.17) is 10.2 Å². The number of fused-ring (bicyclic) bond motifs is 1. The van der Waals surface area contributed by atoms with Crippen molar-refractivity contribution in [1.29, 1.82) is 0 Å². The minimum absolute atomic E-state index is 0.202. The molecule has 1 amide bonds. The smallest absolute Gasteiger partial charge is 0.219 e. The van der Waals surface area contributed by atoms with E-state index in [1.807, 2.05) is 39.6 Å². The fourth-order valence-electron chi connectivity index (χ4n) is 2.60. The van der Waals surface area contributed by atoms with E-state index in [9.17, 15) is 4.79 Å². The number of amides is 1. The van der Waals surface area contributed by atoms with Crippen LogP contribution < -0.4 is 5.73 Å². The molecule has 0 atom stereocenters. The van der Waals surface area contributed by atoms with Gasteiger partial charge in [0.1, 0.15) is 5.65 Å². The molecule has 0 aliphatic carbocycles. The average molecular weight is 368 g/mol. The van der Waals surface area contributed by atoms with Gasteiger partial charge in [0.2, 0.25) is 5.91 Å². The Morgan fingerprint density at radius 1 is 1.23 bits per heavy atom. The number of nitrogens with two attached hydrogens (primary N) is 1. The van der Waals surface area contributed by atoms with Crippen LogP contribution in [0.4, 0.5) is 0 Å². The second kappa shape index (κ2) is 7.04. The van der Waals surface area contributed by atoms with E-state index >= 15 is 0 Å². The number of thioether (sulfide) groups is 1. The largest absolute Gasteiger partial charge is 0.461 e. The van der Waals surface area contributed by atoms with Crippen LogP contribution in [0.2, 0.25) is 0 Å². The van der Waals surface area contributed by atoms with Crippen LogP contribution in [-0.4, -0.2) is 30.1 Å². The van der Waals surface area contributed by atoms with E-state index < -0.39 is 0 Å². The van der Waals surface area contributed by atoms with Crippen molar-refractivity contribution in [3.8, 4) is 11.6 Å². The van der Waals surface area contributed by atoms with E-state index in [2.05, 4.69) is 15.2 Å². The number of aromatic nitrogens is 5. The first-order valence-corrected chi connectivity index (χ1v) is 9.00. The molecule has 0 bridgehead atoms. The fraction of sp³-hybridized carbons (Fsp3) is 0.176. The summed E-state index contributed by atoms with van der Waals surface area (Å²) in [5.41, 5.74) is 7.13. The molecule has 4 rings (SSSR count). The monoisotopic (exact) mass is 368 g/mol. The van der Waals surface area contributed by atoms with Crippen molar-refractivity contribution in [1.82, 2.24) is 24.1 Å². The highest BCUT2D eigenvalue weighted by Gasteiger charge is 2.17. The third-order valence-electron chi connectivity index (χ3n) is 3.80. The third-order valence-corrected chi connectivity index (χ3v) is 4.80. The van der Waals surface area contributed by atoms with Crippen LogP contribution in [0.1, 0.15) is 12.1 Å². The number of furan rings is 1. The number of hydrogen-bond donors (Lipinski definition) is 1. The molecule has 4 heterocycles. The number of rotatable bonds is 7. The molecule has 0 radical (unpaired) electrons. The summed E-state index contributed by atoms with van der Waals surface area (Å²) < 4.78 is 9.24. The van der Waals surface area contributed by atoms with Gasteiger partial charge in [0.05, 0.1) is 12.0 Å². The van der Waals surface area contributed by atoms with Crippen LogP contribution in [0.25, 0.3) is 17.2 Å². The van der Waals surface area contributed by atoms with E-state index in [1.165, 1.54) is 11.8 Å². The molecule has 0 fully saturated rings. The van der Waals surface area contributed by atoms with E-state index in [0.717, 1.165) is 11.3 Å². The SMILES string of the molecule is NC(=O)CCn1c(SCc2cn3ccccc3n2)nnc1-c1ccco1. The lowest BCUT2D eigenvalue weighted by Crippen LogP contribution is -2.15. The summed E-state index contributed by atoms with van der Waals surface area (Å²) in [6, 6.07) is 9.46. The Balaban J connectivity index is 1.57. The average Bonchev–Trinajstić information content (AvgIpc) is 3.35. The molecule has 8 nitrogen and oxygen atoms in total. The molecule has 0 aliphatic heterocycles. The molecular formula is C17H16N6O2S. The van der Waals surface area contributed by atoms with E-state index in [0.29, 0.717) is 29.0 Å². The zero-order chi connectivity index (χ0) is 17.9. The van der Waals surface area contributed by atoms with Crippen molar-refractivity contribution in [2.75, 3.05) is 0 Å². The number of carbonyl (C=O) groups excluding carboxylic acids is 1. The molecule has 0 saturated carbocycles. The maximum Gasteiger partial charge on any atom is 0.219 e. The fourth-order valence-corrected chi connectivity index (χ4v) is 3.45. The standard InChI is InChI=1S/C17H16N6O2S/c18-14(24)6-8-23-16(13-4-3-9-25-13)20-21-17(23)26-11-12-10-22-7-2-1-5-15(22)19-12/h1-5,7,9-10H,6,8,11H2,(H2,18,24). The van der Waals surface area contributed by atoms with Gasteiger partial charge in [0.25, 0.3) is 0 Å². The first-order chi connectivity index (χ1) is 12.7. The molecule has 0 spiro atoms. The minimum atomic E-state index is -0.375. The maximum atomic E-state index is 11.2. The van der Waals surface area contributed by atoms with Crippen LogP contribution >= 0.6 is 11.8 Å². The molecule has 4 aromatic rings. The highest BCUT2D eigenvalue weighted by atomic mass is 32.2. The van der Waals surface area contributed by atoms with Crippen molar-refractivity contribution in [2.45, 2.75) is 23.9 Å². The molecule has 0 unspecified atom stereocenters. The van der Waals surface area contributed by atoms with Gasteiger partial charge in [-0.05, 0) is 24.3 Å². The molecule has 0 saturated heterocycles. The Bertz CT molecular complexity index is 1000. The molecule has 132 valence electrons. The lowest BCUT2D eigenvalue weighted by atomic mass is 10.3. The van der Waals surface area contributed by atoms with Gasteiger partial charge in [-0.1, -0.05) is 17.8 Å². The number of carbonyl (C=O) groups is 1. The summed E-state index contributed by atoms with van der Waals surface area (Å²) in [5.74, 6) is 1.44. The van der Waals surface area contributed by atoms with Gasteiger partial charge in [-0.25, -0.2) is 4.98 Å². The van der Waals surface area contributed by atoms with Crippen LogP contribution in [0, 0.1) is 0 Å². The summed E-state index contributed by atoms with van der Waals surface area (Å²) >= 11 is 1.50. The zero-order valence-electron chi connectivity index (χ0n) is 13.8. The highest BCUT2D eigenvalue weighted by Crippen LogP contribution is 2.26. The third kappa shape index (κ3) is 3.33. The van der Waals surface area contributed by atoms with E-state index in [1.54, 1.807) is 18.4 Å². The number of primary amides is 1. The Hall–Kier alpha value is -3.07. The summed E-state index contributed by atoms with van der Waals surface area (Å²) in [6.45, 7) is 0.395. The Morgan fingerprint density at radius 3 is 2.92 bits per heavy atom. The van der Waals surface area contributed by atoms with Gasteiger partial charge in [-0.15, -0.1) is 10.2 Å². The summed E-state index contributed by atoms with van der Waals surface area (Å²) in [7, 11) is 0. The summed E-state index contributed by atoms with van der Waals surface area (Å²) in [4.78, 5) is 15.8. The Kier molecular flexibility index (Phi) is 4.44. The van der Waals surface area contributed by atoms with Crippen LogP contribution in [-0.2, 0) is 17.1 Å². The second-order valence-electron chi connectivity index (χ2n) is 5.64. The molecule has 0 aliphatic rings.